The number of aliphatic hydroxyl groups is 1. The summed E-state index contributed by atoms with van der Waals surface area (Å²) in [4.78, 5) is 2.28. The molecule has 2 aromatic carbocycles. The van der Waals surface area contributed by atoms with Crippen LogP contribution in [-0.2, 0) is 26.6 Å². The van der Waals surface area contributed by atoms with Crippen LogP contribution in [0.15, 0.2) is 40.9 Å². The summed E-state index contributed by atoms with van der Waals surface area (Å²) in [5.74, 6) is -1.04. The summed E-state index contributed by atoms with van der Waals surface area (Å²) in [6, 6.07) is 5.90. The lowest BCUT2D eigenvalue weighted by Crippen LogP contribution is -2.49. The number of likely N-dealkylation sites (tertiary alicyclic amines) is 1. The minimum atomic E-state index is -4.99. The number of ether oxygens (including phenoxy) is 3. The second-order valence-corrected chi connectivity index (χ2v) is 12.7. The number of hydrogen-bond acceptors (Lipinski definition) is 5. The van der Waals surface area contributed by atoms with Crippen LogP contribution in [0.2, 0.25) is 0 Å². The Hall–Kier alpha value is -1.77. The molecule has 238 valence electrons. The number of alkyl halides is 6. The fourth-order valence-corrected chi connectivity index (χ4v) is 6.85. The van der Waals surface area contributed by atoms with Gasteiger partial charge in [-0.05, 0) is 103 Å². The maximum absolute atomic E-state index is 14.2. The normalized spacial score (nSPS) is 27.5. The van der Waals surface area contributed by atoms with Gasteiger partial charge >= 0.3 is 12.4 Å². The van der Waals surface area contributed by atoms with Crippen molar-refractivity contribution in [2.75, 3.05) is 39.5 Å². The number of benzene rings is 2. The monoisotopic (exact) mass is 683 g/mol. The van der Waals surface area contributed by atoms with Crippen LogP contribution in [0.4, 0.5) is 30.7 Å². The number of piperidine rings is 1. The Morgan fingerprint density at radius 3 is 2.26 bits per heavy atom. The molecule has 0 radical (unpaired) electrons. The summed E-state index contributed by atoms with van der Waals surface area (Å²) in [6.45, 7) is 4.57. The lowest BCUT2D eigenvalue weighted by atomic mass is 9.75. The van der Waals surface area contributed by atoms with Gasteiger partial charge < -0.3 is 24.2 Å². The fourth-order valence-electron chi connectivity index (χ4n) is 6.45. The summed E-state index contributed by atoms with van der Waals surface area (Å²) in [5.41, 5.74) is -2.71. The minimum absolute atomic E-state index is 0.0747. The molecule has 0 saturated carbocycles. The van der Waals surface area contributed by atoms with E-state index >= 15 is 0 Å². The van der Waals surface area contributed by atoms with Crippen molar-refractivity contribution in [1.29, 1.82) is 0 Å². The van der Waals surface area contributed by atoms with Crippen molar-refractivity contribution < 1.29 is 50.1 Å². The van der Waals surface area contributed by atoms with Gasteiger partial charge in [-0.15, -0.1) is 0 Å². The highest BCUT2D eigenvalue weighted by Gasteiger charge is 2.46. The summed E-state index contributed by atoms with van der Waals surface area (Å²) < 4.78 is 113. The van der Waals surface area contributed by atoms with Crippen molar-refractivity contribution in [1.82, 2.24) is 4.90 Å². The zero-order valence-corrected chi connectivity index (χ0v) is 24.9. The van der Waals surface area contributed by atoms with Crippen LogP contribution in [-0.4, -0.2) is 61.9 Å². The first kappa shape index (κ1) is 32.6. The van der Waals surface area contributed by atoms with E-state index in [1.54, 1.807) is 12.1 Å². The average Bonchev–Trinajstić information content (AvgIpc) is 3.29. The SMILES string of the molecule is C[C@@H](O[C@H]1OCC[C@@H](CN2CCC3(CC2)COCC3O)[C@@H]1c1ccc(F)c(Br)c1)c1cc(C(F)(F)F)cc(C(F)(F)F)c1. The first-order valence-corrected chi connectivity index (χ1v) is 15.0. The van der Waals surface area contributed by atoms with E-state index in [1.807, 2.05) is 0 Å². The highest BCUT2D eigenvalue weighted by atomic mass is 79.9. The van der Waals surface area contributed by atoms with Crippen molar-refractivity contribution in [3.05, 3.63) is 68.9 Å². The highest BCUT2D eigenvalue weighted by Crippen LogP contribution is 2.44. The zero-order valence-electron chi connectivity index (χ0n) is 23.4. The van der Waals surface area contributed by atoms with Gasteiger partial charge in [0.25, 0.3) is 0 Å². The number of rotatable bonds is 6. The Morgan fingerprint density at radius 1 is 1.05 bits per heavy atom. The topological polar surface area (TPSA) is 51.2 Å². The Balaban J connectivity index is 1.40. The van der Waals surface area contributed by atoms with Gasteiger partial charge in [-0.1, -0.05) is 6.07 Å². The maximum Gasteiger partial charge on any atom is 0.416 e. The molecule has 5 nitrogen and oxygen atoms in total. The first-order valence-electron chi connectivity index (χ1n) is 14.2. The molecule has 3 aliphatic heterocycles. The number of halogens is 8. The third kappa shape index (κ3) is 7.22. The molecule has 2 aromatic rings. The summed E-state index contributed by atoms with van der Waals surface area (Å²) >= 11 is 3.22. The first-order chi connectivity index (χ1) is 20.2. The molecule has 13 heteroatoms. The van der Waals surface area contributed by atoms with Crippen molar-refractivity contribution in [3.63, 3.8) is 0 Å². The molecule has 1 unspecified atom stereocenters. The molecule has 0 aromatic heterocycles. The largest absolute Gasteiger partial charge is 0.416 e. The van der Waals surface area contributed by atoms with E-state index in [1.165, 1.54) is 13.0 Å². The molecule has 3 aliphatic rings. The van der Waals surface area contributed by atoms with E-state index in [0.717, 1.165) is 25.9 Å². The fraction of sp³-hybridized carbons (Fsp3) is 0.600. The van der Waals surface area contributed by atoms with E-state index in [4.69, 9.17) is 14.2 Å². The van der Waals surface area contributed by atoms with E-state index in [-0.39, 0.29) is 34.0 Å². The molecule has 3 fully saturated rings. The minimum Gasteiger partial charge on any atom is -0.390 e. The predicted molar refractivity (Wildman–Crippen MR) is 146 cm³/mol. The standard InChI is InChI=1S/C30H33BrF7NO4/c1-17(20-10-21(29(33,34)35)13-22(11-20)30(36,37)38)43-27-26(18-2-3-24(32)23(31)12-18)19(4-9-42-27)14-39-7-5-28(6-8-39)16-41-15-25(28)40/h2-3,10-13,17,19,25-27,40H,4-9,14-16H2,1H3/t17-,19+,25?,26+,27-/m1/s1. The van der Waals surface area contributed by atoms with Gasteiger partial charge in [0.05, 0.1) is 47.6 Å². The van der Waals surface area contributed by atoms with Crippen LogP contribution in [0.25, 0.3) is 0 Å². The van der Waals surface area contributed by atoms with E-state index in [9.17, 15) is 35.8 Å². The van der Waals surface area contributed by atoms with Crippen LogP contribution < -0.4 is 0 Å². The lowest BCUT2D eigenvalue weighted by Gasteiger charge is -2.44. The van der Waals surface area contributed by atoms with Crippen LogP contribution in [0.5, 0.6) is 0 Å². The zero-order chi connectivity index (χ0) is 31.2. The highest BCUT2D eigenvalue weighted by molar-refractivity contribution is 9.10. The smallest absolute Gasteiger partial charge is 0.390 e. The van der Waals surface area contributed by atoms with Crippen molar-refractivity contribution in [3.8, 4) is 0 Å². The summed E-state index contributed by atoms with van der Waals surface area (Å²) in [5, 5.41) is 10.5. The Morgan fingerprint density at radius 2 is 1.70 bits per heavy atom. The van der Waals surface area contributed by atoms with Crippen molar-refractivity contribution in [2.24, 2.45) is 11.3 Å². The number of hydrogen-bond donors (Lipinski definition) is 1. The predicted octanol–water partition coefficient (Wildman–Crippen LogP) is 7.32. The van der Waals surface area contributed by atoms with E-state index < -0.39 is 53.7 Å². The third-order valence-corrected chi connectivity index (χ3v) is 9.64. The Bertz CT molecular complexity index is 1250. The summed E-state index contributed by atoms with van der Waals surface area (Å²) in [7, 11) is 0. The van der Waals surface area contributed by atoms with Gasteiger partial charge in [-0.2, -0.15) is 26.3 Å². The molecular formula is C30H33BrF7NO4. The molecule has 1 N–H and O–H groups in total. The molecule has 43 heavy (non-hydrogen) atoms. The molecule has 3 saturated heterocycles. The molecule has 3 heterocycles. The van der Waals surface area contributed by atoms with Crippen molar-refractivity contribution >= 4 is 15.9 Å². The van der Waals surface area contributed by atoms with Crippen molar-refractivity contribution in [2.45, 2.75) is 63.0 Å². The second kappa shape index (κ2) is 12.6. The molecule has 1 spiro atoms. The number of nitrogens with zero attached hydrogens (tertiary/aromatic N) is 1. The molecular weight excluding hydrogens is 651 g/mol. The van der Waals surface area contributed by atoms with E-state index in [2.05, 4.69) is 20.8 Å². The number of aliphatic hydroxyl groups excluding tert-OH is 1. The summed E-state index contributed by atoms with van der Waals surface area (Å²) in [6.07, 6.45) is -10.5. The Labute approximate surface area is 253 Å². The molecule has 0 bridgehead atoms. The van der Waals surface area contributed by atoms with Gasteiger partial charge in [0.2, 0.25) is 0 Å². The quantitative estimate of drug-likeness (QED) is 0.324. The Kier molecular flexibility index (Phi) is 9.52. The molecule has 0 aliphatic carbocycles. The van der Waals surface area contributed by atoms with Gasteiger partial charge in [0, 0.05) is 17.9 Å². The lowest BCUT2D eigenvalue weighted by molar-refractivity contribution is -0.210. The van der Waals surface area contributed by atoms with E-state index in [0.29, 0.717) is 43.9 Å². The van der Waals surface area contributed by atoms with Crippen LogP contribution in [0.3, 0.4) is 0 Å². The van der Waals surface area contributed by atoms with Crippen LogP contribution >= 0.6 is 15.9 Å². The molecule has 5 rings (SSSR count). The van der Waals surface area contributed by atoms with Crippen LogP contribution in [0.1, 0.15) is 60.5 Å². The molecule has 5 atom stereocenters. The van der Waals surface area contributed by atoms with Gasteiger partial charge in [-0.25, -0.2) is 4.39 Å². The average molecular weight is 684 g/mol. The van der Waals surface area contributed by atoms with Gasteiger partial charge in [0.15, 0.2) is 6.29 Å². The maximum atomic E-state index is 14.2. The second-order valence-electron chi connectivity index (χ2n) is 11.8. The van der Waals surface area contributed by atoms with Gasteiger partial charge in [-0.3, -0.25) is 0 Å². The van der Waals surface area contributed by atoms with Crippen LogP contribution in [0, 0.1) is 17.2 Å². The molecule has 0 amide bonds. The third-order valence-electron chi connectivity index (χ3n) is 9.03. The van der Waals surface area contributed by atoms with Gasteiger partial charge in [0.1, 0.15) is 5.82 Å².